The molecule has 0 bridgehead atoms. The Hall–Kier alpha value is -2.13. The second-order valence-corrected chi connectivity index (χ2v) is 7.19. The first-order valence-corrected chi connectivity index (χ1v) is 8.93. The average molecular weight is 346 g/mol. The fourth-order valence-corrected chi connectivity index (χ4v) is 4.90. The van der Waals surface area contributed by atoms with Gasteiger partial charge in [0.1, 0.15) is 6.04 Å². The van der Waals surface area contributed by atoms with Gasteiger partial charge in [-0.3, -0.25) is 10.1 Å². The van der Waals surface area contributed by atoms with Gasteiger partial charge in [-0.15, -0.1) is 11.8 Å². The van der Waals surface area contributed by atoms with Crippen molar-refractivity contribution in [3.8, 4) is 0 Å². The van der Waals surface area contributed by atoms with Crippen LogP contribution >= 0.6 is 23.5 Å². The predicted octanol–water partition coefficient (Wildman–Crippen LogP) is 2.59. The van der Waals surface area contributed by atoms with Crippen LogP contribution in [0, 0.1) is 10.1 Å². The molecular formula is C14H12N5O2S2+. The third-order valence-corrected chi connectivity index (χ3v) is 6.06. The van der Waals surface area contributed by atoms with Gasteiger partial charge < -0.3 is 4.98 Å². The van der Waals surface area contributed by atoms with Gasteiger partial charge in [-0.25, -0.2) is 4.57 Å². The summed E-state index contributed by atoms with van der Waals surface area (Å²) in [6, 6.07) is 7.03. The van der Waals surface area contributed by atoms with E-state index in [0.717, 1.165) is 27.6 Å². The van der Waals surface area contributed by atoms with Crippen molar-refractivity contribution in [1.29, 1.82) is 0 Å². The normalized spacial score (nSPS) is 16.6. The molecule has 0 saturated heterocycles. The van der Waals surface area contributed by atoms with Crippen LogP contribution in [0.3, 0.4) is 0 Å². The first-order chi connectivity index (χ1) is 11.2. The molecule has 1 aliphatic rings. The van der Waals surface area contributed by atoms with Crippen molar-refractivity contribution in [2.75, 3.05) is 11.5 Å². The fourth-order valence-electron chi connectivity index (χ4n) is 2.49. The molecular weight excluding hydrogens is 334 g/mol. The zero-order valence-electron chi connectivity index (χ0n) is 11.9. The lowest BCUT2D eigenvalue weighted by atomic mass is 10.3. The summed E-state index contributed by atoms with van der Waals surface area (Å²) >= 11 is 3.50. The number of aromatic amines is 1. The molecule has 1 atom stereocenters. The highest BCUT2D eigenvalue weighted by Gasteiger charge is 2.31. The number of H-pyrrole nitrogens is 1. The van der Waals surface area contributed by atoms with Crippen molar-refractivity contribution in [2.45, 2.75) is 16.0 Å². The number of rotatable bonds is 4. The van der Waals surface area contributed by atoms with Crippen LogP contribution in [0.15, 0.2) is 46.8 Å². The molecule has 1 N–H and O–H groups in total. The number of hydrogen-bond donors (Lipinski definition) is 1. The van der Waals surface area contributed by atoms with Crippen LogP contribution < -0.4 is 4.57 Å². The Balaban J connectivity index is 1.50. The molecule has 0 spiro atoms. The largest absolute Gasteiger partial charge is 0.337 e. The number of nitro benzene ring substituents is 1. The highest BCUT2D eigenvalue weighted by molar-refractivity contribution is 8.00. The second kappa shape index (κ2) is 5.82. The molecule has 0 fully saturated rings. The number of thioether (sulfide) groups is 2. The van der Waals surface area contributed by atoms with Crippen LogP contribution in [0.4, 0.5) is 5.69 Å². The van der Waals surface area contributed by atoms with E-state index in [1.807, 2.05) is 6.33 Å². The van der Waals surface area contributed by atoms with Crippen molar-refractivity contribution in [2.24, 2.45) is 0 Å². The Kier molecular flexibility index (Phi) is 3.66. The number of non-ortho nitro benzene ring substituents is 1. The summed E-state index contributed by atoms with van der Waals surface area (Å²) in [7, 11) is 0. The number of imidazole rings is 1. The molecule has 3 aromatic rings. The third-order valence-electron chi connectivity index (χ3n) is 3.67. The number of nitrogens with one attached hydrogen (secondary N) is 1. The van der Waals surface area contributed by atoms with E-state index in [1.54, 1.807) is 54.1 Å². The molecule has 1 aliphatic heterocycles. The van der Waals surface area contributed by atoms with Gasteiger partial charge in [0.2, 0.25) is 0 Å². The van der Waals surface area contributed by atoms with Crippen molar-refractivity contribution in [1.82, 2.24) is 15.0 Å². The summed E-state index contributed by atoms with van der Waals surface area (Å²) < 4.78 is 2.18. The van der Waals surface area contributed by atoms with E-state index < -0.39 is 0 Å². The predicted molar refractivity (Wildman–Crippen MR) is 87.7 cm³/mol. The molecule has 0 amide bonds. The van der Waals surface area contributed by atoms with Crippen molar-refractivity contribution in [3.63, 3.8) is 0 Å². The lowest BCUT2D eigenvalue weighted by Crippen LogP contribution is -2.40. The minimum absolute atomic E-state index is 0.122. The smallest absolute Gasteiger partial charge is 0.296 e. The van der Waals surface area contributed by atoms with Crippen LogP contribution in [0.25, 0.3) is 11.2 Å². The third kappa shape index (κ3) is 2.66. The molecule has 3 heterocycles. The number of hydrogen-bond acceptors (Lipinski definition) is 6. The van der Waals surface area contributed by atoms with E-state index in [0.29, 0.717) is 6.04 Å². The van der Waals surface area contributed by atoms with E-state index >= 15 is 0 Å². The van der Waals surface area contributed by atoms with Crippen LogP contribution in [-0.2, 0) is 0 Å². The first-order valence-electron chi connectivity index (χ1n) is 6.95. The maximum atomic E-state index is 10.7. The molecule has 23 heavy (non-hydrogen) atoms. The second-order valence-electron chi connectivity index (χ2n) is 5.08. The van der Waals surface area contributed by atoms with E-state index in [9.17, 15) is 10.1 Å². The van der Waals surface area contributed by atoms with E-state index in [2.05, 4.69) is 19.5 Å². The van der Waals surface area contributed by atoms with Crippen molar-refractivity contribution in [3.05, 3.63) is 47.0 Å². The monoisotopic (exact) mass is 346 g/mol. The summed E-state index contributed by atoms with van der Waals surface area (Å²) in [5.74, 6) is 1.88. The molecule has 2 aromatic heterocycles. The van der Waals surface area contributed by atoms with Gasteiger partial charge >= 0.3 is 0 Å². The van der Waals surface area contributed by atoms with Gasteiger partial charge in [0.15, 0.2) is 10.5 Å². The fraction of sp³-hybridized carbons (Fsp3) is 0.214. The number of nitro groups is 1. The summed E-state index contributed by atoms with van der Waals surface area (Å²) in [5.41, 5.74) is 1.85. The number of benzene rings is 1. The summed E-state index contributed by atoms with van der Waals surface area (Å²) in [6.07, 6.45) is 3.51. The number of fused-ring (bicyclic) bond motifs is 3. The summed E-state index contributed by atoms with van der Waals surface area (Å²) in [4.78, 5) is 23.0. The molecule has 0 aliphatic carbocycles. The maximum Gasteiger partial charge on any atom is 0.296 e. The zero-order chi connectivity index (χ0) is 15.8. The lowest BCUT2D eigenvalue weighted by Gasteiger charge is -2.07. The molecule has 0 radical (unpaired) electrons. The quantitative estimate of drug-likeness (QED) is 0.257. The van der Waals surface area contributed by atoms with Crippen LogP contribution in [0.5, 0.6) is 0 Å². The Labute approximate surface area is 139 Å². The summed E-state index contributed by atoms with van der Waals surface area (Å²) in [5, 5.41) is 11.8. The van der Waals surface area contributed by atoms with Crippen LogP contribution in [-0.4, -0.2) is 31.4 Å². The van der Waals surface area contributed by atoms with Crippen LogP contribution in [0.1, 0.15) is 6.04 Å². The topological polar surface area (TPSA) is 88.6 Å². The highest BCUT2D eigenvalue weighted by Crippen LogP contribution is 2.33. The maximum absolute atomic E-state index is 10.7. The Morgan fingerprint density at radius 3 is 3.00 bits per heavy atom. The van der Waals surface area contributed by atoms with E-state index in [1.165, 1.54) is 5.03 Å². The van der Waals surface area contributed by atoms with Crippen molar-refractivity contribution < 1.29 is 9.49 Å². The number of nitrogens with zero attached hydrogens (tertiary/aromatic N) is 4. The Morgan fingerprint density at radius 1 is 1.39 bits per heavy atom. The SMILES string of the molecule is O=[N+]([O-])c1ccc(SC[C@H]2CSc3c4[nH]cnc4nc[n+]32)cc1. The van der Waals surface area contributed by atoms with E-state index in [-0.39, 0.29) is 10.6 Å². The van der Waals surface area contributed by atoms with E-state index in [4.69, 9.17) is 0 Å². The number of aromatic nitrogens is 4. The van der Waals surface area contributed by atoms with Gasteiger partial charge in [0.05, 0.1) is 11.3 Å². The first kappa shape index (κ1) is 14.5. The lowest BCUT2D eigenvalue weighted by molar-refractivity contribution is -0.744. The van der Waals surface area contributed by atoms with Gasteiger partial charge in [0, 0.05) is 28.5 Å². The Bertz CT molecular complexity index is 881. The zero-order valence-corrected chi connectivity index (χ0v) is 13.5. The molecule has 9 heteroatoms. The molecule has 0 saturated carbocycles. The van der Waals surface area contributed by atoms with Crippen LogP contribution in [0.2, 0.25) is 0 Å². The summed E-state index contributed by atoms with van der Waals surface area (Å²) in [6.45, 7) is 0. The molecule has 0 unspecified atom stereocenters. The molecule has 116 valence electrons. The van der Waals surface area contributed by atoms with Gasteiger partial charge in [0.25, 0.3) is 17.7 Å². The Morgan fingerprint density at radius 2 is 2.22 bits per heavy atom. The van der Waals surface area contributed by atoms with Gasteiger partial charge in [-0.05, 0) is 17.1 Å². The standard InChI is InChI=1S/C14H11N5O2S2/c20-19(21)9-1-3-11(4-2-9)22-5-10-6-23-14-12-13(16-7-15-12)17-8-18(10)14/h1-4,7-8,10H,5-6H2/p+1/t10-/m0/s1. The van der Waals surface area contributed by atoms with Gasteiger partial charge in [-0.2, -0.15) is 4.98 Å². The highest BCUT2D eigenvalue weighted by atomic mass is 32.2. The molecule has 1 aromatic carbocycles. The van der Waals surface area contributed by atoms with Crippen molar-refractivity contribution >= 4 is 40.4 Å². The average Bonchev–Trinajstić information content (AvgIpc) is 3.19. The molecule has 7 nitrogen and oxygen atoms in total. The van der Waals surface area contributed by atoms with Gasteiger partial charge in [-0.1, -0.05) is 11.8 Å². The minimum atomic E-state index is -0.379. The minimum Gasteiger partial charge on any atom is -0.337 e. The molecule has 4 rings (SSSR count).